The topological polar surface area (TPSA) is 111 Å². The van der Waals surface area contributed by atoms with Gasteiger partial charge in [-0.15, -0.1) is 0 Å². The summed E-state index contributed by atoms with van der Waals surface area (Å²) in [7, 11) is 0. The zero-order chi connectivity index (χ0) is 20.1. The van der Waals surface area contributed by atoms with Crippen LogP contribution in [0.25, 0.3) is 0 Å². The molecule has 8 nitrogen and oxygen atoms in total. The SMILES string of the molecule is O=C1COc2ccc(C(=O)COC(=O)CNC(=O)c3cccc(Br)c3)cc2N1. The van der Waals surface area contributed by atoms with E-state index in [0.717, 1.165) is 4.47 Å². The number of Topliss-reactive ketones (excluding diaryl/α,β-unsaturated/α-hetero) is 1. The van der Waals surface area contributed by atoms with Crippen LogP contribution in [0.3, 0.4) is 0 Å². The fourth-order valence-electron chi connectivity index (χ4n) is 2.42. The Hall–Kier alpha value is -3.20. The Morgan fingerprint density at radius 2 is 1.96 bits per heavy atom. The number of hydrogen-bond donors (Lipinski definition) is 2. The molecule has 1 heterocycles. The molecule has 0 radical (unpaired) electrons. The average molecular weight is 447 g/mol. The van der Waals surface area contributed by atoms with E-state index < -0.39 is 24.3 Å². The van der Waals surface area contributed by atoms with Crippen molar-refractivity contribution < 1.29 is 28.7 Å². The number of fused-ring (bicyclic) bond motifs is 1. The highest BCUT2D eigenvalue weighted by atomic mass is 79.9. The van der Waals surface area contributed by atoms with E-state index >= 15 is 0 Å². The summed E-state index contributed by atoms with van der Waals surface area (Å²) in [6, 6.07) is 11.2. The van der Waals surface area contributed by atoms with Crippen LogP contribution in [0.15, 0.2) is 46.9 Å². The van der Waals surface area contributed by atoms with Crippen molar-refractivity contribution in [2.45, 2.75) is 0 Å². The molecule has 2 aromatic carbocycles. The summed E-state index contributed by atoms with van der Waals surface area (Å²) in [4.78, 5) is 47.3. The number of hydrogen-bond acceptors (Lipinski definition) is 6. The highest BCUT2D eigenvalue weighted by molar-refractivity contribution is 9.10. The molecule has 1 aliphatic heterocycles. The highest BCUT2D eigenvalue weighted by Gasteiger charge is 2.18. The first kappa shape index (κ1) is 19.6. The van der Waals surface area contributed by atoms with Gasteiger partial charge in [-0.05, 0) is 36.4 Å². The van der Waals surface area contributed by atoms with Crippen molar-refractivity contribution in [3.63, 3.8) is 0 Å². The lowest BCUT2D eigenvalue weighted by atomic mass is 10.1. The van der Waals surface area contributed by atoms with Crippen molar-refractivity contribution >= 4 is 45.2 Å². The predicted octanol–water partition coefficient (Wildman–Crippen LogP) is 1.94. The number of amides is 2. The van der Waals surface area contributed by atoms with Crippen LogP contribution >= 0.6 is 15.9 Å². The number of nitrogens with one attached hydrogen (secondary N) is 2. The van der Waals surface area contributed by atoms with E-state index in [4.69, 9.17) is 9.47 Å². The Morgan fingerprint density at radius 3 is 2.75 bits per heavy atom. The normalized spacial score (nSPS) is 12.2. The molecular formula is C19H15BrN2O6. The quantitative estimate of drug-likeness (QED) is 0.518. The van der Waals surface area contributed by atoms with E-state index in [1.54, 1.807) is 30.3 Å². The van der Waals surface area contributed by atoms with Crippen LogP contribution in [0.4, 0.5) is 5.69 Å². The lowest BCUT2D eigenvalue weighted by molar-refractivity contribution is -0.141. The number of ether oxygens (including phenoxy) is 2. The molecule has 0 saturated heterocycles. The summed E-state index contributed by atoms with van der Waals surface area (Å²) < 4.78 is 10.9. The number of carbonyl (C=O) groups is 4. The molecule has 2 amide bonds. The maximum atomic E-state index is 12.2. The molecule has 0 atom stereocenters. The van der Waals surface area contributed by atoms with Gasteiger partial charge in [-0.3, -0.25) is 19.2 Å². The highest BCUT2D eigenvalue weighted by Crippen LogP contribution is 2.28. The van der Waals surface area contributed by atoms with E-state index in [2.05, 4.69) is 26.6 Å². The van der Waals surface area contributed by atoms with Crippen molar-refractivity contribution in [3.8, 4) is 5.75 Å². The molecular weight excluding hydrogens is 432 g/mol. The molecule has 0 bridgehead atoms. The molecule has 144 valence electrons. The van der Waals surface area contributed by atoms with Crippen molar-refractivity contribution in [2.24, 2.45) is 0 Å². The molecule has 0 unspecified atom stereocenters. The van der Waals surface area contributed by atoms with E-state index in [1.165, 1.54) is 12.1 Å². The molecule has 28 heavy (non-hydrogen) atoms. The molecule has 9 heteroatoms. The zero-order valence-corrected chi connectivity index (χ0v) is 16.1. The number of esters is 1. The average Bonchev–Trinajstić information content (AvgIpc) is 2.69. The molecule has 0 saturated carbocycles. The first-order valence-corrected chi connectivity index (χ1v) is 9.01. The number of ketones is 1. The van der Waals surface area contributed by atoms with Crippen LogP contribution < -0.4 is 15.4 Å². The fourth-order valence-corrected chi connectivity index (χ4v) is 2.82. The van der Waals surface area contributed by atoms with Crippen molar-refractivity contribution in [1.82, 2.24) is 5.32 Å². The standard InChI is InChI=1S/C19H15BrN2O6/c20-13-3-1-2-12(6-13)19(26)21-8-18(25)28-9-15(23)11-4-5-16-14(7-11)22-17(24)10-27-16/h1-7H,8-10H2,(H,21,26)(H,22,24). The number of carbonyl (C=O) groups excluding carboxylic acids is 4. The molecule has 2 aromatic rings. The summed E-state index contributed by atoms with van der Waals surface area (Å²) in [6.07, 6.45) is 0. The third kappa shape index (κ3) is 4.95. The van der Waals surface area contributed by atoms with Crippen LogP contribution in [-0.4, -0.2) is 43.3 Å². The van der Waals surface area contributed by atoms with Crippen LogP contribution in [0, 0.1) is 0 Å². The lowest BCUT2D eigenvalue weighted by Gasteiger charge is -2.18. The minimum absolute atomic E-state index is 0.0798. The van der Waals surface area contributed by atoms with E-state index in [-0.39, 0.29) is 24.6 Å². The number of benzene rings is 2. The van der Waals surface area contributed by atoms with Crippen molar-refractivity contribution in [3.05, 3.63) is 58.1 Å². The largest absolute Gasteiger partial charge is 0.482 e. The first-order chi connectivity index (χ1) is 13.4. The van der Waals surface area contributed by atoms with Crippen LogP contribution in [0.5, 0.6) is 5.75 Å². The maximum Gasteiger partial charge on any atom is 0.325 e. The van der Waals surface area contributed by atoms with Crippen LogP contribution in [0.2, 0.25) is 0 Å². The van der Waals surface area contributed by atoms with Crippen LogP contribution in [-0.2, 0) is 14.3 Å². The lowest BCUT2D eigenvalue weighted by Crippen LogP contribution is -2.31. The van der Waals surface area contributed by atoms with Crippen LogP contribution in [0.1, 0.15) is 20.7 Å². The van der Waals surface area contributed by atoms with E-state index in [0.29, 0.717) is 17.0 Å². The molecule has 0 aliphatic carbocycles. The monoisotopic (exact) mass is 446 g/mol. The van der Waals surface area contributed by atoms with Gasteiger partial charge in [0.2, 0.25) is 0 Å². The third-order valence-electron chi connectivity index (χ3n) is 3.78. The zero-order valence-electron chi connectivity index (χ0n) is 14.5. The predicted molar refractivity (Wildman–Crippen MR) is 102 cm³/mol. The fraction of sp³-hybridized carbons (Fsp3) is 0.158. The molecule has 3 rings (SSSR count). The van der Waals surface area contributed by atoms with Gasteiger partial charge in [0.15, 0.2) is 19.0 Å². The summed E-state index contributed by atoms with van der Waals surface area (Å²) in [5, 5.41) is 5.02. The second kappa shape index (κ2) is 8.66. The number of anilines is 1. The minimum Gasteiger partial charge on any atom is -0.482 e. The van der Waals surface area contributed by atoms with Gasteiger partial charge in [-0.25, -0.2) is 0 Å². The summed E-state index contributed by atoms with van der Waals surface area (Å²) >= 11 is 3.26. The van der Waals surface area contributed by atoms with Gasteiger partial charge in [0.05, 0.1) is 5.69 Å². The number of halogens is 1. The second-order valence-corrected chi connectivity index (χ2v) is 6.74. The van der Waals surface area contributed by atoms with Gasteiger partial charge in [0.1, 0.15) is 12.3 Å². The summed E-state index contributed by atoms with van der Waals surface area (Å²) in [5.41, 5.74) is 1.03. The Bertz CT molecular complexity index is 959. The molecule has 0 fully saturated rings. The Balaban J connectivity index is 1.49. The Kier molecular flexibility index (Phi) is 6.05. The first-order valence-electron chi connectivity index (χ1n) is 8.21. The van der Waals surface area contributed by atoms with Crippen molar-refractivity contribution in [2.75, 3.05) is 25.1 Å². The molecule has 0 spiro atoms. The molecule has 2 N–H and O–H groups in total. The van der Waals surface area contributed by atoms with Crippen molar-refractivity contribution in [1.29, 1.82) is 0 Å². The molecule has 0 aromatic heterocycles. The second-order valence-electron chi connectivity index (χ2n) is 5.82. The number of rotatable bonds is 6. The summed E-state index contributed by atoms with van der Waals surface area (Å²) in [6.45, 7) is -0.935. The minimum atomic E-state index is -0.744. The smallest absolute Gasteiger partial charge is 0.325 e. The van der Waals surface area contributed by atoms with Gasteiger partial charge >= 0.3 is 5.97 Å². The maximum absolute atomic E-state index is 12.2. The Labute approximate surface area is 168 Å². The third-order valence-corrected chi connectivity index (χ3v) is 4.27. The Morgan fingerprint density at radius 1 is 1.14 bits per heavy atom. The van der Waals surface area contributed by atoms with E-state index in [1.807, 2.05) is 0 Å². The molecule has 1 aliphatic rings. The van der Waals surface area contributed by atoms with Gasteiger partial charge in [0, 0.05) is 15.6 Å². The van der Waals surface area contributed by atoms with E-state index in [9.17, 15) is 19.2 Å². The van der Waals surface area contributed by atoms with Gasteiger partial charge < -0.3 is 20.1 Å². The summed E-state index contributed by atoms with van der Waals surface area (Å²) in [5.74, 6) is -1.48. The van der Waals surface area contributed by atoms with Gasteiger partial charge in [-0.1, -0.05) is 22.0 Å². The van der Waals surface area contributed by atoms with Gasteiger partial charge in [-0.2, -0.15) is 0 Å². The van der Waals surface area contributed by atoms with Gasteiger partial charge in [0.25, 0.3) is 11.8 Å².